The number of non-ortho nitro benzene ring substituents is 1. The van der Waals surface area contributed by atoms with E-state index in [-0.39, 0.29) is 23.8 Å². The van der Waals surface area contributed by atoms with Crippen molar-refractivity contribution in [3.63, 3.8) is 0 Å². The van der Waals surface area contributed by atoms with Crippen LogP contribution in [-0.4, -0.2) is 59.4 Å². The van der Waals surface area contributed by atoms with Gasteiger partial charge < -0.3 is 14.8 Å². The summed E-state index contributed by atoms with van der Waals surface area (Å²) >= 11 is 1.25. The number of thioether (sulfide) groups is 1. The highest BCUT2D eigenvalue weighted by molar-refractivity contribution is 8.15. The smallest absolute Gasteiger partial charge is 0.273 e. The molecule has 186 valence electrons. The van der Waals surface area contributed by atoms with E-state index in [0.717, 1.165) is 16.8 Å². The third-order valence-corrected chi connectivity index (χ3v) is 6.68. The maximum absolute atomic E-state index is 13.2. The Morgan fingerprint density at radius 3 is 2.63 bits per heavy atom. The minimum atomic E-state index is -0.646. The van der Waals surface area contributed by atoms with Gasteiger partial charge in [-0.05, 0) is 49.6 Å². The Balaban J connectivity index is 1.77. The van der Waals surface area contributed by atoms with E-state index in [2.05, 4.69) is 5.32 Å². The molecule has 0 radical (unpaired) electrons. The molecule has 11 heteroatoms. The molecule has 1 N–H and O–H groups in total. The zero-order valence-electron chi connectivity index (χ0n) is 20.1. The number of nitrogens with one attached hydrogen (secondary N) is 1. The highest BCUT2D eigenvalue weighted by Gasteiger charge is 2.39. The SMILES string of the molecule is COCCCN1C(=O)[C@H](CC(=O)Nc2ccc([N+](=O)[O-])cc2OC)SC1=Nc1ccc(C)c(C)c1. The van der Waals surface area contributed by atoms with Gasteiger partial charge in [0.05, 0.1) is 29.5 Å². The molecule has 1 aliphatic rings. The molecular formula is C24H28N4O6S. The summed E-state index contributed by atoms with van der Waals surface area (Å²) in [5, 5.41) is 13.6. The predicted molar refractivity (Wildman–Crippen MR) is 135 cm³/mol. The number of aliphatic imine (C=N–C) groups is 1. The van der Waals surface area contributed by atoms with Crippen molar-refractivity contribution in [2.75, 3.05) is 32.7 Å². The predicted octanol–water partition coefficient (Wildman–Crippen LogP) is 4.22. The summed E-state index contributed by atoms with van der Waals surface area (Å²) in [5.74, 6) is -0.442. The Kier molecular flexibility index (Phi) is 8.83. The molecular weight excluding hydrogens is 472 g/mol. The summed E-state index contributed by atoms with van der Waals surface area (Å²) in [5.41, 5.74) is 3.12. The number of rotatable bonds is 10. The summed E-state index contributed by atoms with van der Waals surface area (Å²) in [7, 11) is 2.96. The fourth-order valence-electron chi connectivity index (χ4n) is 3.47. The van der Waals surface area contributed by atoms with Crippen LogP contribution in [-0.2, 0) is 14.3 Å². The molecule has 3 rings (SSSR count). The van der Waals surface area contributed by atoms with Gasteiger partial charge in [0.1, 0.15) is 11.0 Å². The van der Waals surface area contributed by atoms with Crippen LogP contribution in [0.4, 0.5) is 17.1 Å². The molecule has 2 aromatic carbocycles. The van der Waals surface area contributed by atoms with E-state index >= 15 is 0 Å². The highest BCUT2D eigenvalue weighted by Crippen LogP contribution is 2.33. The quantitative estimate of drug-likeness (QED) is 0.294. The Labute approximate surface area is 207 Å². The van der Waals surface area contributed by atoms with Crippen LogP contribution in [0.25, 0.3) is 0 Å². The normalized spacial score (nSPS) is 16.6. The van der Waals surface area contributed by atoms with E-state index in [1.807, 2.05) is 32.0 Å². The number of nitrogens with zero attached hydrogens (tertiary/aromatic N) is 3. The lowest BCUT2D eigenvalue weighted by Crippen LogP contribution is -2.34. The van der Waals surface area contributed by atoms with Crippen LogP contribution in [0, 0.1) is 24.0 Å². The van der Waals surface area contributed by atoms with E-state index in [0.29, 0.717) is 30.4 Å². The van der Waals surface area contributed by atoms with E-state index in [4.69, 9.17) is 14.5 Å². The van der Waals surface area contributed by atoms with Crippen molar-refractivity contribution >= 4 is 45.8 Å². The number of amides is 2. The van der Waals surface area contributed by atoms with Crippen LogP contribution in [0.1, 0.15) is 24.0 Å². The van der Waals surface area contributed by atoms with Crippen LogP contribution in [0.5, 0.6) is 5.75 Å². The van der Waals surface area contributed by atoms with Crippen molar-refractivity contribution < 1.29 is 24.0 Å². The van der Waals surface area contributed by atoms with Gasteiger partial charge in [-0.2, -0.15) is 0 Å². The number of hydrogen-bond acceptors (Lipinski definition) is 8. The van der Waals surface area contributed by atoms with Gasteiger partial charge in [-0.3, -0.25) is 24.6 Å². The van der Waals surface area contributed by atoms with E-state index in [1.54, 1.807) is 12.0 Å². The third-order valence-electron chi connectivity index (χ3n) is 5.51. The molecule has 10 nitrogen and oxygen atoms in total. The number of nitro benzene ring substituents is 1. The second-order valence-corrected chi connectivity index (χ2v) is 9.17. The number of nitro groups is 1. The molecule has 0 spiro atoms. The second-order valence-electron chi connectivity index (χ2n) is 8.00. The van der Waals surface area contributed by atoms with Crippen molar-refractivity contribution in [1.82, 2.24) is 4.90 Å². The van der Waals surface area contributed by atoms with Crippen LogP contribution in [0.3, 0.4) is 0 Å². The van der Waals surface area contributed by atoms with Crippen LogP contribution in [0.2, 0.25) is 0 Å². The highest BCUT2D eigenvalue weighted by atomic mass is 32.2. The fraction of sp³-hybridized carbons (Fsp3) is 0.375. The molecule has 1 atom stereocenters. The number of hydrogen-bond donors (Lipinski definition) is 1. The first-order chi connectivity index (χ1) is 16.7. The third kappa shape index (κ3) is 6.58. The van der Waals surface area contributed by atoms with Gasteiger partial charge >= 0.3 is 0 Å². The minimum Gasteiger partial charge on any atom is -0.494 e. The van der Waals surface area contributed by atoms with Gasteiger partial charge in [0.25, 0.3) is 5.69 Å². The van der Waals surface area contributed by atoms with Gasteiger partial charge in [0, 0.05) is 32.7 Å². The number of carbonyl (C=O) groups is 2. The Hall–Kier alpha value is -3.44. The lowest BCUT2D eigenvalue weighted by Gasteiger charge is -2.16. The summed E-state index contributed by atoms with van der Waals surface area (Å²) in [6.45, 7) is 4.95. The first-order valence-electron chi connectivity index (χ1n) is 11.0. The zero-order chi connectivity index (χ0) is 25.5. The average Bonchev–Trinajstić information content (AvgIpc) is 3.10. The van der Waals surface area contributed by atoms with E-state index < -0.39 is 16.1 Å². The average molecular weight is 501 g/mol. The van der Waals surface area contributed by atoms with Gasteiger partial charge in [0.15, 0.2) is 5.17 Å². The molecule has 2 aromatic rings. The first kappa shape index (κ1) is 26.2. The number of carbonyl (C=O) groups excluding carboxylic acids is 2. The number of aryl methyl sites for hydroxylation is 2. The summed E-state index contributed by atoms with van der Waals surface area (Å²) in [6, 6.07) is 9.75. The summed E-state index contributed by atoms with van der Waals surface area (Å²) < 4.78 is 10.3. The van der Waals surface area contributed by atoms with Crippen molar-refractivity contribution in [3.05, 3.63) is 57.6 Å². The Morgan fingerprint density at radius 2 is 1.97 bits per heavy atom. The van der Waals surface area contributed by atoms with Crippen molar-refractivity contribution in [2.45, 2.75) is 31.9 Å². The minimum absolute atomic E-state index is 0.0869. The topological polar surface area (TPSA) is 123 Å². The largest absolute Gasteiger partial charge is 0.494 e. The molecule has 1 aliphatic heterocycles. The molecule has 1 heterocycles. The van der Waals surface area contributed by atoms with Crippen molar-refractivity contribution in [1.29, 1.82) is 0 Å². The van der Waals surface area contributed by atoms with E-state index in [9.17, 15) is 19.7 Å². The van der Waals surface area contributed by atoms with Gasteiger partial charge in [-0.1, -0.05) is 17.8 Å². The molecule has 0 unspecified atom stereocenters. The number of methoxy groups -OCH3 is 2. The first-order valence-corrected chi connectivity index (χ1v) is 11.9. The molecule has 1 saturated heterocycles. The number of ether oxygens (including phenoxy) is 2. The molecule has 0 aromatic heterocycles. The maximum Gasteiger partial charge on any atom is 0.273 e. The lowest BCUT2D eigenvalue weighted by atomic mass is 10.1. The number of benzene rings is 2. The molecule has 0 saturated carbocycles. The van der Waals surface area contributed by atoms with Gasteiger partial charge in [0.2, 0.25) is 11.8 Å². The number of amidine groups is 1. The molecule has 2 amide bonds. The fourth-order valence-corrected chi connectivity index (χ4v) is 4.65. The lowest BCUT2D eigenvalue weighted by molar-refractivity contribution is -0.384. The second kappa shape index (κ2) is 11.8. The molecule has 0 aliphatic carbocycles. The standard InChI is InChI=1S/C24H28N4O6S/c1-15-6-7-17(12-16(15)2)25-24-27(10-5-11-33-3)23(30)21(35-24)14-22(29)26-19-9-8-18(28(31)32)13-20(19)34-4/h6-9,12-13,21H,5,10-11,14H2,1-4H3,(H,26,29)/t21-/m0/s1. The molecule has 0 bridgehead atoms. The van der Waals surface area contributed by atoms with Crippen LogP contribution >= 0.6 is 11.8 Å². The zero-order valence-corrected chi connectivity index (χ0v) is 20.9. The number of anilines is 1. The van der Waals surface area contributed by atoms with Gasteiger partial charge in [-0.25, -0.2) is 4.99 Å². The monoisotopic (exact) mass is 500 g/mol. The van der Waals surface area contributed by atoms with Crippen LogP contribution < -0.4 is 10.1 Å². The Bertz CT molecular complexity index is 1150. The summed E-state index contributed by atoms with van der Waals surface area (Å²) in [4.78, 5) is 42.7. The van der Waals surface area contributed by atoms with Crippen LogP contribution in [0.15, 0.2) is 41.4 Å². The summed E-state index contributed by atoms with van der Waals surface area (Å²) in [6.07, 6.45) is 0.546. The molecule has 1 fully saturated rings. The van der Waals surface area contributed by atoms with Gasteiger partial charge in [-0.15, -0.1) is 0 Å². The van der Waals surface area contributed by atoms with Crippen molar-refractivity contribution in [3.8, 4) is 5.75 Å². The molecule has 35 heavy (non-hydrogen) atoms. The van der Waals surface area contributed by atoms with E-state index in [1.165, 1.54) is 37.1 Å². The maximum atomic E-state index is 13.2. The van der Waals surface area contributed by atoms with Crippen molar-refractivity contribution in [2.24, 2.45) is 4.99 Å². The Morgan fingerprint density at radius 1 is 1.20 bits per heavy atom.